The summed E-state index contributed by atoms with van der Waals surface area (Å²) in [5.74, 6) is -0.477. The van der Waals surface area contributed by atoms with E-state index in [2.05, 4.69) is 4.98 Å². The maximum absolute atomic E-state index is 14.1. The molecule has 0 bridgehead atoms. The highest BCUT2D eigenvalue weighted by Crippen LogP contribution is 2.29. The van der Waals surface area contributed by atoms with Crippen LogP contribution in [0.3, 0.4) is 0 Å². The van der Waals surface area contributed by atoms with E-state index in [-0.39, 0.29) is 5.02 Å². The van der Waals surface area contributed by atoms with Crippen LogP contribution >= 0.6 is 11.6 Å². The van der Waals surface area contributed by atoms with Crippen molar-refractivity contribution >= 4 is 22.4 Å². The largest absolute Gasteiger partial charge is 0.320 e. The molecule has 0 aliphatic heterocycles. The van der Waals surface area contributed by atoms with E-state index in [4.69, 9.17) is 17.3 Å². The average molecular weight is 287 g/mol. The van der Waals surface area contributed by atoms with Gasteiger partial charge in [-0.15, -0.1) is 0 Å². The standard InChI is InChI=1S/C16H12ClFN2/c17-14-7-3-6-12(15(14)18)16(19)13-9-20-8-10-4-1-2-5-11(10)13/h1-9,16H,19H2. The number of fused-ring (bicyclic) bond motifs is 1. The summed E-state index contributed by atoms with van der Waals surface area (Å²) in [6.07, 6.45) is 3.44. The van der Waals surface area contributed by atoms with Crippen molar-refractivity contribution in [3.8, 4) is 0 Å². The fraction of sp³-hybridized carbons (Fsp3) is 0.0625. The quantitative estimate of drug-likeness (QED) is 0.771. The van der Waals surface area contributed by atoms with E-state index in [0.717, 1.165) is 16.3 Å². The van der Waals surface area contributed by atoms with E-state index in [9.17, 15) is 4.39 Å². The first-order valence-electron chi connectivity index (χ1n) is 6.20. The first kappa shape index (κ1) is 13.0. The number of nitrogens with zero attached hydrogens (tertiary/aromatic N) is 1. The average Bonchev–Trinajstić information content (AvgIpc) is 2.49. The van der Waals surface area contributed by atoms with Gasteiger partial charge in [-0.2, -0.15) is 0 Å². The second kappa shape index (κ2) is 5.19. The normalized spacial score (nSPS) is 12.6. The highest BCUT2D eigenvalue weighted by molar-refractivity contribution is 6.30. The van der Waals surface area contributed by atoms with Crippen molar-refractivity contribution in [1.29, 1.82) is 0 Å². The predicted octanol–water partition coefficient (Wildman–Crippen LogP) is 4.08. The highest BCUT2D eigenvalue weighted by Gasteiger charge is 2.17. The van der Waals surface area contributed by atoms with Gasteiger partial charge < -0.3 is 5.73 Å². The van der Waals surface area contributed by atoms with Gasteiger partial charge in [0.1, 0.15) is 5.82 Å². The van der Waals surface area contributed by atoms with E-state index in [1.165, 1.54) is 6.07 Å². The summed E-state index contributed by atoms with van der Waals surface area (Å²) in [4.78, 5) is 4.18. The van der Waals surface area contributed by atoms with Gasteiger partial charge >= 0.3 is 0 Å². The lowest BCUT2D eigenvalue weighted by molar-refractivity contribution is 0.600. The number of aromatic nitrogens is 1. The van der Waals surface area contributed by atoms with Gasteiger partial charge in [-0.25, -0.2) is 4.39 Å². The molecule has 3 aromatic rings. The van der Waals surface area contributed by atoms with Gasteiger partial charge in [-0.1, -0.05) is 48.0 Å². The molecule has 1 heterocycles. The van der Waals surface area contributed by atoms with Crippen molar-refractivity contribution in [2.24, 2.45) is 5.73 Å². The van der Waals surface area contributed by atoms with Crippen LogP contribution in [0, 0.1) is 5.82 Å². The Bertz CT molecular complexity index is 768. The van der Waals surface area contributed by atoms with Crippen molar-refractivity contribution in [3.05, 3.63) is 76.8 Å². The summed E-state index contributed by atoms with van der Waals surface area (Å²) in [7, 11) is 0. The summed E-state index contributed by atoms with van der Waals surface area (Å²) in [5.41, 5.74) is 7.37. The Hall–Kier alpha value is -1.97. The molecular formula is C16H12ClFN2. The molecule has 100 valence electrons. The van der Waals surface area contributed by atoms with Crippen LogP contribution in [0.4, 0.5) is 4.39 Å². The van der Waals surface area contributed by atoms with Crippen molar-refractivity contribution in [2.45, 2.75) is 6.04 Å². The Balaban J connectivity index is 2.18. The van der Waals surface area contributed by atoms with Crippen LogP contribution in [-0.4, -0.2) is 4.98 Å². The highest BCUT2D eigenvalue weighted by atomic mass is 35.5. The molecular weight excluding hydrogens is 275 g/mol. The number of halogens is 2. The number of hydrogen-bond acceptors (Lipinski definition) is 2. The number of rotatable bonds is 2. The summed E-state index contributed by atoms with van der Waals surface area (Å²) in [6.45, 7) is 0. The number of benzene rings is 2. The maximum Gasteiger partial charge on any atom is 0.146 e. The molecule has 1 aromatic heterocycles. The van der Waals surface area contributed by atoms with Crippen LogP contribution < -0.4 is 5.73 Å². The van der Waals surface area contributed by atoms with E-state index in [0.29, 0.717) is 5.56 Å². The molecule has 1 atom stereocenters. The van der Waals surface area contributed by atoms with Crippen molar-refractivity contribution in [3.63, 3.8) is 0 Å². The molecule has 0 saturated heterocycles. The monoisotopic (exact) mass is 286 g/mol. The Morgan fingerprint density at radius 1 is 1.00 bits per heavy atom. The number of hydrogen-bond donors (Lipinski definition) is 1. The lowest BCUT2D eigenvalue weighted by atomic mass is 9.96. The molecule has 1 unspecified atom stereocenters. The molecule has 20 heavy (non-hydrogen) atoms. The molecule has 3 rings (SSSR count). The molecule has 0 fully saturated rings. The van der Waals surface area contributed by atoms with Gasteiger partial charge in [0.05, 0.1) is 11.1 Å². The zero-order valence-electron chi connectivity index (χ0n) is 10.6. The Kier molecular flexibility index (Phi) is 3.38. The van der Waals surface area contributed by atoms with Gasteiger partial charge in [0.15, 0.2) is 0 Å². The molecule has 2 nitrogen and oxygen atoms in total. The molecule has 0 amide bonds. The lowest BCUT2D eigenvalue weighted by Crippen LogP contribution is -2.14. The summed E-state index contributed by atoms with van der Waals surface area (Å²) in [6, 6.07) is 12.0. The minimum absolute atomic E-state index is 0.0751. The van der Waals surface area contributed by atoms with Gasteiger partial charge in [-0.3, -0.25) is 4.98 Å². The SMILES string of the molecule is NC(c1cccc(Cl)c1F)c1cncc2ccccc12. The molecule has 2 aromatic carbocycles. The third kappa shape index (κ3) is 2.15. The maximum atomic E-state index is 14.1. The zero-order chi connectivity index (χ0) is 14.1. The van der Waals surface area contributed by atoms with Crippen molar-refractivity contribution in [1.82, 2.24) is 4.98 Å². The molecule has 0 aliphatic carbocycles. The predicted molar refractivity (Wildman–Crippen MR) is 79.2 cm³/mol. The van der Waals surface area contributed by atoms with Gasteiger partial charge in [0.2, 0.25) is 0 Å². The van der Waals surface area contributed by atoms with Crippen LogP contribution in [0.15, 0.2) is 54.9 Å². The van der Waals surface area contributed by atoms with Crippen LogP contribution in [0.2, 0.25) is 5.02 Å². The molecule has 0 spiro atoms. The van der Waals surface area contributed by atoms with Crippen LogP contribution in [0.5, 0.6) is 0 Å². The molecule has 0 saturated carbocycles. The third-order valence-corrected chi connectivity index (χ3v) is 3.64. The minimum atomic E-state index is -0.604. The van der Waals surface area contributed by atoms with Gasteiger partial charge in [0.25, 0.3) is 0 Å². The van der Waals surface area contributed by atoms with Crippen molar-refractivity contribution < 1.29 is 4.39 Å². The van der Waals surface area contributed by atoms with Gasteiger partial charge in [-0.05, 0) is 17.0 Å². The topological polar surface area (TPSA) is 38.9 Å². The Morgan fingerprint density at radius 3 is 2.65 bits per heavy atom. The lowest BCUT2D eigenvalue weighted by Gasteiger charge is -2.16. The fourth-order valence-electron chi connectivity index (χ4n) is 2.32. The van der Waals surface area contributed by atoms with Gasteiger partial charge in [0, 0.05) is 23.3 Å². The summed E-state index contributed by atoms with van der Waals surface area (Å²) in [5, 5.41) is 2.02. The minimum Gasteiger partial charge on any atom is -0.320 e. The fourth-order valence-corrected chi connectivity index (χ4v) is 2.50. The Morgan fingerprint density at radius 2 is 1.80 bits per heavy atom. The van der Waals surface area contributed by atoms with E-state index < -0.39 is 11.9 Å². The molecule has 0 radical (unpaired) electrons. The number of nitrogens with two attached hydrogens (primary N) is 1. The molecule has 4 heteroatoms. The number of pyridine rings is 1. The Labute approximate surface area is 121 Å². The molecule has 2 N–H and O–H groups in total. The van der Waals surface area contributed by atoms with E-state index in [1.807, 2.05) is 24.3 Å². The first-order valence-corrected chi connectivity index (χ1v) is 6.58. The summed E-state index contributed by atoms with van der Waals surface area (Å²) < 4.78 is 14.1. The molecule has 0 aliphatic rings. The second-order valence-electron chi connectivity index (χ2n) is 4.57. The van der Waals surface area contributed by atoms with E-state index in [1.54, 1.807) is 24.5 Å². The van der Waals surface area contributed by atoms with Crippen LogP contribution in [0.1, 0.15) is 17.2 Å². The van der Waals surface area contributed by atoms with Crippen LogP contribution in [0.25, 0.3) is 10.8 Å². The smallest absolute Gasteiger partial charge is 0.146 e. The summed E-state index contributed by atoms with van der Waals surface area (Å²) >= 11 is 5.82. The zero-order valence-corrected chi connectivity index (χ0v) is 11.3. The third-order valence-electron chi connectivity index (χ3n) is 3.35. The van der Waals surface area contributed by atoms with E-state index >= 15 is 0 Å². The second-order valence-corrected chi connectivity index (χ2v) is 4.98. The first-order chi connectivity index (χ1) is 9.68. The van der Waals surface area contributed by atoms with Crippen LogP contribution in [-0.2, 0) is 0 Å². The van der Waals surface area contributed by atoms with Crippen molar-refractivity contribution in [2.75, 3.05) is 0 Å².